The van der Waals surface area contributed by atoms with E-state index in [1.807, 2.05) is 54.6 Å². The number of rotatable bonds is 1. The highest BCUT2D eigenvalue weighted by molar-refractivity contribution is 6.58. The van der Waals surface area contributed by atoms with Gasteiger partial charge in [-0.15, -0.1) is 0 Å². The molecular weight excluding hydrogens is 359 g/mol. The smallest absolute Gasteiger partial charge is 0.457 e. The van der Waals surface area contributed by atoms with Gasteiger partial charge in [-0.25, -0.2) is 0 Å². The summed E-state index contributed by atoms with van der Waals surface area (Å²) >= 11 is 0. The zero-order chi connectivity index (χ0) is 19.6. The second kappa shape index (κ2) is 5.83. The molecule has 0 bridgehead atoms. The molecular formula is C25H17BO3. The van der Waals surface area contributed by atoms with Crippen molar-refractivity contribution in [1.82, 2.24) is 0 Å². The highest BCUT2D eigenvalue weighted by Crippen LogP contribution is 2.61. The Hall–Kier alpha value is -3.34. The maximum Gasteiger partial charge on any atom is 0.488 e. The second-order valence-corrected chi connectivity index (χ2v) is 7.57. The monoisotopic (exact) mass is 376 g/mol. The van der Waals surface area contributed by atoms with Gasteiger partial charge in [-0.3, -0.25) is 0 Å². The summed E-state index contributed by atoms with van der Waals surface area (Å²) in [5, 5.41) is 19.8. The molecule has 0 saturated heterocycles. The van der Waals surface area contributed by atoms with Gasteiger partial charge >= 0.3 is 7.12 Å². The number of ether oxygens (including phenoxy) is 1. The summed E-state index contributed by atoms with van der Waals surface area (Å²) in [4.78, 5) is 0. The quantitative estimate of drug-likeness (QED) is 0.429. The van der Waals surface area contributed by atoms with Gasteiger partial charge in [0.1, 0.15) is 11.5 Å². The normalized spacial score (nSPS) is 14.4. The van der Waals surface area contributed by atoms with Crippen molar-refractivity contribution in [2.75, 3.05) is 0 Å². The van der Waals surface area contributed by atoms with Crippen LogP contribution in [0.15, 0.2) is 91.0 Å². The highest BCUT2D eigenvalue weighted by Gasteiger charge is 2.51. The van der Waals surface area contributed by atoms with E-state index in [1.165, 1.54) is 5.56 Å². The van der Waals surface area contributed by atoms with Crippen LogP contribution < -0.4 is 10.2 Å². The Morgan fingerprint density at radius 1 is 0.586 bits per heavy atom. The van der Waals surface area contributed by atoms with Crippen molar-refractivity contribution in [3.8, 4) is 22.6 Å². The van der Waals surface area contributed by atoms with Gasteiger partial charge in [-0.2, -0.15) is 0 Å². The zero-order valence-corrected chi connectivity index (χ0v) is 15.5. The zero-order valence-electron chi connectivity index (χ0n) is 15.5. The van der Waals surface area contributed by atoms with E-state index in [4.69, 9.17) is 4.74 Å². The fourth-order valence-corrected chi connectivity index (χ4v) is 5.03. The van der Waals surface area contributed by atoms with E-state index in [0.717, 1.165) is 39.3 Å². The van der Waals surface area contributed by atoms with E-state index in [9.17, 15) is 10.0 Å². The SMILES string of the molecule is OB(O)c1ccc2c(c1)C1(c3ccccc3Oc3ccccc31)c1ccccc1-2. The van der Waals surface area contributed by atoms with Gasteiger partial charge in [0.15, 0.2) is 0 Å². The maximum absolute atomic E-state index is 9.88. The molecule has 29 heavy (non-hydrogen) atoms. The summed E-state index contributed by atoms with van der Waals surface area (Å²) in [5.74, 6) is 1.65. The van der Waals surface area contributed by atoms with Gasteiger partial charge in [0.25, 0.3) is 0 Å². The van der Waals surface area contributed by atoms with Crippen molar-refractivity contribution in [3.05, 3.63) is 113 Å². The van der Waals surface area contributed by atoms with Crippen LogP contribution in [0.3, 0.4) is 0 Å². The van der Waals surface area contributed by atoms with Gasteiger partial charge in [0, 0.05) is 11.1 Å². The van der Waals surface area contributed by atoms with Crippen LogP contribution in [0, 0.1) is 0 Å². The third-order valence-electron chi connectivity index (χ3n) is 6.17. The molecule has 2 aliphatic rings. The Balaban J connectivity index is 1.83. The fourth-order valence-electron chi connectivity index (χ4n) is 5.03. The lowest BCUT2D eigenvalue weighted by Gasteiger charge is -2.39. The first-order valence-corrected chi connectivity index (χ1v) is 9.68. The topological polar surface area (TPSA) is 49.7 Å². The predicted molar refractivity (Wildman–Crippen MR) is 114 cm³/mol. The number of fused-ring (bicyclic) bond motifs is 9. The summed E-state index contributed by atoms with van der Waals surface area (Å²) in [7, 11) is -1.52. The lowest BCUT2D eigenvalue weighted by Crippen LogP contribution is -2.35. The van der Waals surface area contributed by atoms with Crippen molar-refractivity contribution in [2.24, 2.45) is 0 Å². The molecule has 1 heterocycles. The molecule has 0 amide bonds. The summed E-state index contributed by atoms with van der Waals surface area (Å²) in [6.07, 6.45) is 0. The van der Waals surface area contributed by atoms with Crippen LogP contribution in [-0.2, 0) is 5.41 Å². The highest BCUT2D eigenvalue weighted by atomic mass is 16.5. The minimum Gasteiger partial charge on any atom is -0.457 e. The molecule has 0 saturated carbocycles. The van der Waals surface area contributed by atoms with Crippen molar-refractivity contribution < 1.29 is 14.8 Å². The molecule has 0 radical (unpaired) electrons. The first-order valence-electron chi connectivity index (χ1n) is 9.68. The molecule has 3 nitrogen and oxygen atoms in total. The Kier molecular flexibility index (Phi) is 3.34. The Morgan fingerprint density at radius 3 is 1.79 bits per heavy atom. The van der Waals surface area contributed by atoms with Gasteiger partial charge in [-0.1, -0.05) is 78.9 Å². The standard InChI is InChI=1S/C25H17BO3/c27-26(28)16-13-14-18-17-7-1-2-8-19(17)25(22(18)15-16)20-9-3-5-11-23(20)29-24-12-6-4-10-21(24)25/h1-15,27-28H. The largest absolute Gasteiger partial charge is 0.488 e. The van der Waals surface area contributed by atoms with E-state index in [2.05, 4.69) is 30.3 Å². The molecule has 4 aromatic carbocycles. The maximum atomic E-state index is 9.88. The molecule has 1 aliphatic heterocycles. The van der Waals surface area contributed by atoms with Crippen LogP contribution in [0.25, 0.3) is 11.1 Å². The van der Waals surface area contributed by atoms with Crippen molar-refractivity contribution in [3.63, 3.8) is 0 Å². The fraction of sp³-hybridized carbons (Fsp3) is 0.0400. The minimum absolute atomic E-state index is 0.484. The van der Waals surface area contributed by atoms with Crippen molar-refractivity contribution in [2.45, 2.75) is 5.41 Å². The third kappa shape index (κ3) is 2.05. The van der Waals surface area contributed by atoms with E-state index in [0.29, 0.717) is 5.46 Å². The average molecular weight is 376 g/mol. The first-order chi connectivity index (χ1) is 14.2. The van der Waals surface area contributed by atoms with Crippen LogP contribution in [0.1, 0.15) is 22.3 Å². The number of benzene rings is 4. The summed E-state index contributed by atoms with van der Waals surface area (Å²) < 4.78 is 6.27. The van der Waals surface area contributed by atoms with Gasteiger partial charge in [0.2, 0.25) is 0 Å². The molecule has 1 aliphatic carbocycles. The molecule has 4 aromatic rings. The Morgan fingerprint density at radius 2 is 1.14 bits per heavy atom. The average Bonchev–Trinajstić information content (AvgIpc) is 3.05. The molecule has 2 N–H and O–H groups in total. The molecule has 4 heteroatoms. The summed E-state index contributed by atoms with van der Waals surface area (Å²) in [6, 6.07) is 30.4. The molecule has 6 rings (SSSR count). The Labute approximate surface area is 169 Å². The van der Waals surface area contributed by atoms with Crippen LogP contribution in [0.2, 0.25) is 0 Å². The van der Waals surface area contributed by atoms with Gasteiger partial charge in [0.05, 0.1) is 5.41 Å². The van der Waals surface area contributed by atoms with Crippen LogP contribution in [-0.4, -0.2) is 17.2 Å². The molecule has 0 unspecified atom stereocenters. The summed E-state index contributed by atoms with van der Waals surface area (Å²) in [5.41, 5.74) is 6.54. The number of hydrogen-bond donors (Lipinski definition) is 2. The third-order valence-corrected chi connectivity index (χ3v) is 6.17. The van der Waals surface area contributed by atoms with Gasteiger partial charge in [-0.05, 0) is 39.8 Å². The molecule has 138 valence electrons. The van der Waals surface area contributed by atoms with Crippen LogP contribution in [0.4, 0.5) is 0 Å². The number of hydrogen-bond acceptors (Lipinski definition) is 3. The molecule has 0 atom stereocenters. The second-order valence-electron chi connectivity index (χ2n) is 7.57. The number of para-hydroxylation sites is 2. The first kappa shape index (κ1) is 16.6. The lowest BCUT2D eigenvalue weighted by molar-refractivity contribution is 0.425. The van der Waals surface area contributed by atoms with Crippen molar-refractivity contribution >= 4 is 12.6 Å². The van der Waals surface area contributed by atoms with E-state index in [-0.39, 0.29) is 0 Å². The van der Waals surface area contributed by atoms with E-state index < -0.39 is 12.5 Å². The van der Waals surface area contributed by atoms with E-state index >= 15 is 0 Å². The molecule has 0 fully saturated rings. The van der Waals surface area contributed by atoms with Crippen LogP contribution in [0.5, 0.6) is 11.5 Å². The lowest BCUT2D eigenvalue weighted by atomic mass is 9.65. The predicted octanol–water partition coefficient (Wildman–Crippen LogP) is 3.84. The van der Waals surface area contributed by atoms with Gasteiger partial charge < -0.3 is 14.8 Å². The molecule has 1 spiro atoms. The summed E-state index contributed by atoms with van der Waals surface area (Å²) in [6.45, 7) is 0. The molecule has 0 aromatic heterocycles. The van der Waals surface area contributed by atoms with Crippen LogP contribution >= 0.6 is 0 Å². The minimum atomic E-state index is -1.52. The van der Waals surface area contributed by atoms with Crippen molar-refractivity contribution in [1.29, 1.82) is 0 Å². The van der Waals surface area contributed by atoms with E-state index in [1.54, 1.807) is 6.07 Å². The Bertz CT molecular complexity index is 1230.